The molecule has 10 aromatic rings. The van der Waals surface area contributed by atoms with Crippen LogP contribution in [0.5, 0.6) is 0 Å². The maximum atomic E-state index is 6.62. The largest absolute Gasteiger partial charge is 0.456 e. The highest BCUT2D eigenvalue weighted by Crippen LogP contribution is 2.66. The van der Waals surface area contributed by atoms with Gasteiger partial charge in [-0.3, -0.25) is 9.34 Å². The van der Waals surface area contributed by atoms with E-state index in [9.17, 15) is 0 Å². The third-order valence-electron chi connectivity index (χ3n) is 13.3. The Morgan fingerprint density at radius 1 is 0.552 bits per heavy atom. The van der Waals surface area contributed by atoms with Crippen LogP contribution in [0.2, 0.25) is 0 Å². The third kappa shape index (κ3) is 6.40. The number of allylic oxidation sites excluding steroid dienone is 5. The van der Waals surface area contributed by atoms with Gasteiger partial charge in [0, 0.05) is 33.4 Å². The normalized spacial score (nSPS) is 16.4. The molecule has 12 rings (SSSR count). The van der Waals surface area contributed by atoms with Gasteiger partial charge < -0.3 is 9.32 Å². The summed E-state index contributed by atoms with van der Waals surface area (Å²) in [7, 11) is -1.10. The molecule has 2 atom stereocenters. The second kappa shape index (κ2) is 16.7. The molecule has 0 bridgehead atoms. The topological polar surface area (TPSA) is 22.9 Å². The van der Waals surface area contributed by atoms with Gasteiger partial charge in [-0.05, 0) is 113 Å². The van der Waals surface area contributed by atoms with Crippen molar-refractivity contribution in [3.8, 4) is 11.1 Å². The van der Waals surface area contributed by atoms with Gasteiger partial charge in [0.05, 0.1) is 27.9 Å². The summed E-state index contributed by atoms with van der Waals surface area (Å²) >= 11 is 0. The Balaban J connectivity index is 1.16. The van der Waals surface area contributed by atoms with Gasteiger partial charge >= 0.3 is 0 Å². The van der Waals surface area contributed by atoms with Crippen LogP contribution in [0.1, 0.15) is 23.6 Å². The summed E-state index contributed by atoms with van der Waals surface area (Å²) in [5.74, 6) is 0. The van der Waals surface area contributed by atoms with E-state index in [1.165, 1.54) is 33.1 Å². The van der Waals surface area contributed by atoms with Crippen LogP contribution in [0, 0.1) is 0 Å². The molecule has 5 heteroatoms. The van der Waals surface area contributed by atoms with Crippen LogP contribution < -0.4 is 19.5 Å². The Morgan fingerprint density at radius 2 is 1.15 bits per heavy atom. The first-order chi connectivity index (χ1) is 33.2. The van der Waals surface area contributed by atoms with E-state index >= 15 is 0 Å². The van der Waals surface area contributed by atoms with E-state index in [4.69, 9.17) is 4.42 Å². The zero-order valence-corrected chi connectivity index (χ0v) is 38.0. The number of anilines is 7. The minimum absolute atomic E-state index is 0.645. The molecule has 67 heavy (non-hydrogen) atoms. The number of hydrogen-bond donors (Lipinski definition) is 0. The Labute approximate surface area is 393 Å². The molecule has 0 fully saturated rings. The maximum absolute atomic E-state index is 6.62. The molecular weight excluding hydrogens is 834 g/mol. The van der Waals surface area contributed by atoms with Crippen LogP contribution in [0.25, 0.3) is 33.1 Å². The molecule has 0 amide bonds. The van der Waals surface area contributed by atoms with E-state index in [-0.39, 0.29) is 0 Å². The van der Waals surface area contributed by atoms with Gasteiger partial charge in [0.15, 0.2) is 0 Å². The van der Waals surface area contributed by atoms with Gasteiger partial charge in [0.25, 0.3) is 0 Å². The van der Waals surface area contributed by atoms with Crippen LogP contribution in [0.4, 0.5) is 39.8 Å². The van der Waals surface area contributed by atoms with Crippen LogP contribution in [-0.4, -0.2) is 0 Å². The van der Waals surface area contributed by atoms with Crippen molar-refractivity contribution in [3.05, 3.63) is 278 Å². The van der Waals surface area contributed by atoms with Crippen molar-refractivity contribution in [2.45, 2.75) is 12.3 Å². The molecular formula is C62H46N3OP. The average Bonchev–Trinajstić information content (AvgIpc) is 4.05. The van der Waals surface area contributed by atoms with Crippen molar-refractivity contribution in [3.63, 3.8) is 0 Å². The van der Waals surface area contributed by atoms with Crippen LogP contribution in [-0.2, 0) is 5.41 Å². The first kappa shape index (κ1) is 40.3. The van der Waals surface area contributed by atoms with Crippen LogP contribution >= 0.6 is 8.22 Å². The number of furan rings is 1. The molecule has 0 spiro atoms. The second-order valence-corrected chi connectivity index (χ2v) is 18.8. The van der Waals surface area contributed by atoms with Gasteiger partial charge in [-0.1, -0.05) is 183 Å². The first-order valence-corrected chi connectivity index (χ1v) is 24.1. The molecule has 1 aromatic heterocycles. The molecule has 320 valence electrons. The smallest absolute Gasteiger partial charge is 0.138 e. The van der Waals surface area contributed by atoms with Gasteiger partial charge in [-0.15, -0.1) is 0 Å². The van der Waals surface area contributed by atoms with Crippen molar-refractivity contribution >= 4 is 75.3 Å². The lowest BCUT2D eigenvalue weighted by molar-refractivity contribution is 0.669. The zero-order chi connectivity index (χ0) is 44.9. The Kier molecular flexibility index (Phi) is 10.0. The average molecular weight is 880 g/mol. The van der Waals surface area contributed by atoms with E-state index in [0.29, 0.717) is 0 Å². The summed E-state index contributed by atoms with van der Waals surface area (Å²) in [5, 5.41) is 3.39. The fourth-order valence-electron chi connectivity index (χ4n) is 10.5. The summed E-state index contributed by atoms with van der Waals surface area (Å²) in [5.41, 5.74) is 15.9. The fraction of sp³-hybridized carbons (Fsp3) is 0.0323. The van der Waals surface area contributed by atoms with E-state index in [1.807, 2.05) is 12.1 Å². The van der Waals surface area contributed by atoms with Gasteiger partial charge in [-0.25, -0.2) is 0 Å². The quantitative estimate of drug-likeness (QED) is 0.101. The Morgan fingerprint density at radius 3 is 1.88 bits per heavy atom. The van der Waals surface area contributed by atoms with E-state index in [2.05, 4.69) is 264 Å². The van der Waals surface area contributed by atoms with Crippen LogP contribution in [0.15, 0.2) is 265 Å². The maximum Gasteiger partial charge on any atom is 0.138 e. The number of fused-ring (bicyclic) bond motifs is 7. The number of nitrogens with zero attached hydrogens (tertiary/aromatic N) is 3. The van der Waals surface area contributed by atoms with Crippen LogP contribution in [0.3, 0.4) is 0 Å². The van der Waals surface area contributed by atoms with Gasteiger partial charge in [-0.2, -0.15) is 0 Å². The molecule has 0 radical (unpaired) electrons. The molecule has 4 nitrogen and oxygen atoms in total. The highest BCUT2D eigenvalue weighted by molar-refractivity contribution is 7.70. The summed E-state index contributed by atoms with van der Waals surface area (Å²) in [4.78, 5) is 2.45. The van der Waals surface area contributed by atoms with Gasteiger partial charge in [0.2, 0.25) is 0 Å². The number of para-hydroxylation sites is 3. The van der Waals surface area contributed by atoms with Crippen molar-refractivity contribution in [2.75, 3.05) is 14.2 Å². The SMILES string of the molecule is C=C/C(=C\C=C/C)C1(c2ccccc2)c2ccccc2-c2ccc(N(c3ccc4c(c3)N(c3ccccc3)P(c3ccccc3)N4c3ccccc3)c3cccc4oc5ccccc5c34)cc21. The Bertz CT molecular complexity index is 3530. The fourth-order valence-corrected chi connectivity index (χ4v) is 13.0. The highest BCUT2D eigenvalue weighted by Gasteiger charge is 2.47. The van der Waals surface area contributed by atoms with Gasteiger partial charge in [0.1, 0.15) is 19.4 Å². The zero-order valence-electron chi connectivity index (χ0n) is 37.1. The van der Waals surface area contributed by atoms with Crippen molar-refractivity contribution in [1.29, 1.82) is 0 Å². The number of hydrogen-bond acceptors (Lipinski definition) is 4. The van der Waals surface area contributed by atoms with Crippen molar-refractivity contribution < 1.29 is 4.42 Å². The molecule has 9 aromatic carbocycles. The summed E-state index contributed by atoms with van der Waals surface area (Å²) in [6.07, 6.45) is 8.50. The Hall–Kier alpha value is -8.17. The molecule has 2 unspecified atom stereocenters. The lowest BCUT2D eigenvalue weighted by atomic mass is 9.67. The highest BCUT2D eigenvalue weighted by atomic mass is 31.1. The van der Waals surface area contributed by atoms with E-state index in [0.717, 1.165) is 67.3 Å². The van der Waals surface area contributed by atoms with E-state index < -0.39 is 13.6 Å². The van der Waals surface area contributed by atoms with Crippen molar-refractivity contribution in [1.82, 2.24) is 0 Å². The molecule has 2 aliphatic rings. The molecule has 1 aliphatic heterocycles. The summed E-state index contributed by atoms with van der Waals surface area (Å²) in [6, 6.07) is 81.4. The second-order valence-electron chi connectivity index (χ2n) is 16.9. The van der Waals surface area contributed by atoms with E-state index in [1.54, 1.807) is 0 Å². The number of benzene rings is 9. The lowest BCUT2D eigenvalue weighted by Gasteiger charge is -2.35. The standard InChI is InChI=1S/C62H46N3OP/c1-3-5-23-44(4-2)62(45-24-10-6-11-25-45)54-34-20-18-32-51(54)52-40-38-48(42-55(52)62)63(57-35-22-37-60-61(57)53-33-19-21-36-59(53)66-60)49-39-41-56-58(43-49)65(47-28-14-8-15-29-47)67(50-30-16-9-17-31-50)64(56)46-26-12-7-13-27-46/h3-43H,2H2,1H3/b5-3-,44-23+. The first-order valence-electron chi connectivity index (χ1n) is 22.8. The number of rotatable bonds is 10. The molecule has 0 saturated carbocycles. The minimum Gasteiger partial charge on any atom is -0.456 e. The lowest BCUT2D eigenvalue weighted by Crippen LogP contribution is -2.29. The predicted octanol–water partition coefficient (Wildman–Crippen LogP) is 17.0. The third-order valence-corrected chi connectivity index (χ3v) is 15.7. The predicted molar refractivity (Wildman–Crippen MR) is 283 cm³/mol. The molecule has 2 heterocycles. The monoisotopic (exact) mass is 879 g/mol. The molecule has 1 aliphatic carbocycles. The molecule has 0 N–H and O–H groups in total. The summed E-state index contributed by atoms with van der Waals surface area (Å²) in [6.45, 7) is 6.54. The molecule has 0 saturated heterocycles. The summed E-state index contributed by atoms with van der Waals surface area (Å²) < 4.78 is 11.7. The minimum atomic E-state index is -1.10. The van der Waals surface area contributed by atoms with Crippen molar-refractivity contribution in [2.24, 2.45) is 0 Å².